The van der Waals surface area contributed by atoms with Crippen LogP contribution >= 0.6 is 0 Å². The van der Waals surface area contributed by atoms with Gasteiger partial charge in [0.25, 0.3) is 0 Å². The standard InChI is InChI=1S/C15H21N5/c1-11(2)20-9-3-4-12(10-20)14-15(17-8-7-16-14)13-5-6-18-19-13/h5-8,11-12H,3-4,9-10H2,1-2H3,(H,18,19). The van der Waals surface area contributed by atoms with Crippen LogP contribution in [-0.2, 0) is 0 Å². The fourth-order valence-electron chi connectivity index (χ4n) is 2.94. The normalized spacial score (nSPS) is 20.4. The van der Waals surface area contributed by atoms with Crippen molar-refractivity contribution in [2.75, 3.05) is 13.1 Å². The predicted molar refractivity (Wildman–Crippen MR) is 78.3 cm³/mol. The zero-order valence-electron chi connectivity index (χ0n) is 12.1. The van der Waals surface area contributed by atoms with Gasteiger partial charge in [0.2, 0.25) is 0 Å². The van der Waals surface area contributed by atoms with E-state index in [1.807, 2.05) is 6.07 Å². The maximum absolute atomic E-state index is 4.62. The minimum atomic E-state index is 0.457. The highest BCUT2D eigenvalue weighted by Gasteiger charge is 2.26. The molecule has 1 aliphatic heterocycles. The zero-order valence-corrected chi connectivity index (χ0v) is 12.1. The van der Waals surface area contributed by atoms with Crippen molar-refractivity contribution in [2.45, 2.75) is 38.6 Å². The van der Waals surface area contributed by atoms with E-state index in [1.165, 1.54) is 19.4 Å². The van der Waals surface area contributed by atoms with Gasteiger partial charge in [-0.1, -0.05) is 0 Å². The van der Waals surface area contributed by atoms with Crippen LogP contribution in [0.4, 0.5) is 0 Å². The highest BCUT2D eigenvalue weighted by atomic mass is 15.2. The molecule has 5 heteroatoms. The number of piperidine rings is 1. The summed E-state index contributed by atoms with van der Waals surface area (Å²) in [4.78, 5) is 11.7. The molecule has 1 saturated heterocycles. The molecule has 0 aliphatic carbocycles. The Balaban J connectivity index is 1.90. The van der Waals surface area contributed by atoms with Crippen molar-refractivity contribution in [3.63, 3.8) is 0 Å². The summed E-state index contributed by atoms with van der Waals surface area (Å²) in [5.74, 6) is 0.457. The lowest BCUT2D eigenvalue weighted by Gasteiger charge is -2.35. The van der Waals surface area contributed by atoms with Crippen molar-refractivity contribution in [3.8, 4) is 11.4 Å². The maximum atomic E-state index is 4.62. The number of nitrogens with one attached hydrogen (secondary N) is 1. The fourth-order valence-corrected chi connectivity index (χ4v) is 2.94. The first-order chi connectivity index (χ1) is 9.75. The summed E-state index contributed by atoms with van der Waals surface area (Å²) in [6.45, 7) is 6.77. The molecule has 0 radical (unpaired) electrons. The van der Waals surface area contributed by atoms with Crippen molar-refractivity contribution < 1.29 is 0 Å². The second-order valence-electron chi connectivity index (χ2n) is 5.69. The molecule has 1 unspecified atom stereocenters. The van der Waals surface area contributed by atoms with E-state index >= 15 is 0 Å². The molecule has 1 atom stereocenters. The first-order valence-electron chi connectivity index (χ1n) is 7.30. The molecule has 3 heterocycles. The van der Waals surface area contributed by atoms with Crippen molar-refractivity contribution >= 4 is 0 Å². The van der Waals surface area contributed by atoms with Gasteiger partial charge >= 0.3 is 0 Å². The minimum Gasteiger partial charge on any atom is -0.300 e. The van der Waals surface area contributed by atoms with Crippen molar-refractivity contribution in [1.82, 2.24) is 25.1 Å². The van der Waals surface area contributed by atoms with Gasteiger partial charge in [-0.05, 0) is 39.3 Å². The molecule has 0 aromatic carbocycles. The summed E-state index contributed by atoms with van der Waals surface area (Å²) in [5, 5.41) is 7.03. The first-order valence-corrected chi connectivity index (χ1v) is 7.30. The lowest BCUT2D eigenvalue weighted by Crippen LogP contribution is -2.39. The molecule has 5 nitrogen and oxygen atoms in total. The van der Waals surface area contributed by atoms with Gasteiger partial charge < -0.3 is 4.90 Å². The van der Waals surface area contributed by atoms with Crippen LogP contribution in [0.15, 0.2) is 24.7 Å². The smallest absolute Gasteiger partial charge is 0.110 e. The van der Waals surface area contributed by atoms with E-state index in [2.05, 4.69) is 38.9 Å². The molecule has 3 rings (SSSR count). The molecule has 1 aliphatic rings. The Kier molecular flexibility index (Phi) is 3.78. The van der Waals surface area contributed by atoms with E-state index in [0.29, 0.717) is 12.0 Å². The molecule has 106 valence electrons. The number of aromatic amines is 1. The number of hydrogen-bond acceptors (Lipinski definition) is 4. The molecule has 0 amide bonds. The number of hydrogen-bond donors (Lipinski definition) is 1. The third-order valence-electron chi connectivity index (χ3n) is 4.05. The number of rotatable bonds is 3. The van der Waals surface area contributed by atoms with Crippen molar-refractivity contribution in [3.05, 3.63) is 30.4 Å². The van der Waals surface area contributed by atoms with Gasteiger partial charge in [0.1, 0.15) is 5.69 Å². The molecule has 0 saturated carbocycles. The number of nitrogens with zero attached hydrogens (tertiary/aromatic N) is 4. The third kappa shape index (κ3) is 2.58. The van der Waals surface area contributed by atoms with Crippen LogP contribution in [0, 0.1) is 0 Å². The van der Waals surface area contributed by atoms with E-state index in [0.717, 1.165) is 23.6 Å². The number of likely N-dealkylation sites (tertiary alicyclic amines) is 1. The molecule has 0 bridgehead atoms. The predicted octanol–water partition coefficient (Wildman–Crippen LogP) is 2.45. The van der Waals surface area contributed by atoms with Gasteiger partial charge in [-0.3, -0.25) is 15.1 Å². The van der Waals surface area contributed by atoms with Gasteiger partial charge in [-0.2, -0.15) is 5.10 Å². The summed E-state index contributed by atoms with van der Waals surface area (Å²) in [6, 6.07) is 2.54. The molecule has 1 N–H and O–H groups in total. The maximum Gasteiger partial charge on any atom is 0.110 e. The SMILES string of the molecule is CC(C)N1CCCC(c2nccnc2-c2ccn[nH]2)C1. The van der Waals surface area contributed by atoms with Crippen LogP contribution in [0.3, 0.4) is 0 Å². The third-order valence-corrected chi connectivity index (χ3v) is 4.05. The Labute approximate surface area is 119 Å². The van der Waals surface area contributed by atoms with Crippen LogP contribution in [0.2, 0.25) is 0 Å². The van der Waals surface area contributed by atoms with E-state index in [-0.39, 0.29) is 0 Å². The van der Waals surface area contributed by atoms with Crippen molar-refractivity contribution in [1.29, 1.82) is 0 Å². The molecule has 1 fully saturated rings. The summed E-state index contributed by atoms with van der Waals surface area (Å²) in [7, 11) is 0. The first kappa shape index (κ1) is 13.2. The monoisotopic (exact) mass is 271 g/mol. The molecular weight excluding hydrogens is 250 g/mol. The quantitative estimate of drug-likeness (QED) is 0.931. The molecule has 2 aromatic heterocycles. The van der Waals surface area contributed by atoms with Gasteiger partial charge in [-0.25, -0.2) is 0 Å². The number of H-pyrrole nitrogens is 1. The van der Waals surface area contributed by atoms with Crippen molar-refractivity contribution in [2.24, 2.45) is 0 Å². The highest BCUT2D eigenvalue weighted by molar-refractivity contribution is 5.56. The lowest BCUT2D eigenvalue weighted by molar-refractivity contribution is 0.166. The lowest BCUT2D eigenvalue weighted by atomic mass is 9.92. The Morgan fingerprint density at radius 2 is 2.10 bits per heavy atom. The molecule has 2 aromatic rings. The fraction of sp³-hybridized carbons (Fsp3) is 0.533. The summed E-state index contributed by atoms with van der Waals surface area (Å²) in [5.41, 5.74) is 3.00. The largest absolute Gasteiger partial charge is 0.300 e. The zero-order chi connectivity index (χ0) is 13.9. The molecular formula is C15H21N5. The van der Waals surface area contributed by atoms with Gasteiger partial charge in [0, 0.05) is 37.1 Å². The topological polar surface area (TPSA) is 57.7 Å². The van der Waals surface area contributed by atoms with Crippen LogP contribution in [0.1, 0.15) is 38.3 Å². The van der Waals surface area contributed by atoms with Crippen LogP contribution in [0.25, 0.3) is 11.4 Å². The molecule has 20 heavy (non-hydrogen) atoms. The Morgan fingerprint density at radius 1 is 1.25 bits per heavy atom. The van der Waals surface area contributed by atoms with Crippen LogP contribution in [0.5, 0.6) is 0 Å². The summed E-state index contributed by atoms with van der Waals surface area (Å²) < 4.78 is 0. The summed E-state index contributed by atoms with van der Waals surface area (Å²) >= 11 is 0. The Morgan fingerprint density at radius 3 is 2.85 bits per heavy atom. The average molecular weight is 271 g/mol. The van der Waals surface area contributed by atoms with E-state index in [9.17, 15) is 0 Å². The molecule has 0 spiro atoms. The Bertz CT molecular complexity index is 549. The summed E-state index contributed by atoms with van der Waals surface area (Å²) in [6.07, 6.45) is 7.71. The average Bonchev–Trinajstić information content (AvgIpc) is 3.01. The second kappa shape index (κ2) is 5.71. The van der Waals surface area contributed by atoms with E-state index < -0.39 is 0 Å². The van der Waals surface area contributed by atoms with Gasteiger partial charge in [-0.15, -0.1) is 0 Å². The van der Waals surface area contributed by atoms with Gasteiger partial charge in [0.15, 0.2) is 0 Å². The minimum absolute atomic E-state index is 0.457. The Hall–Kier alpha value is -1.75. The highest BCUT2D eigenvalue weighted by Crippen LogP contribution is 2.31. The van der Waals surface area contributed by atoms with E-state index in [1.54, 1.807) is 18.6 Å². The van der Waals surface area contributed by atoms with Crippen LogP contribution in [-0.4, -0.2) is 44.2 Å². The van der Waals surface area contributed by atoms with Crippen LogP contribution < -0.4 is 0 Å². The number of aromatic nitrogens is 4. The second-order valence-corrected chi connectivity index (χ2v) is 5.69. The van der Waals surface area contributed by atoms with E-state index in [4.69, 9.17) is 0 Å². The van der Waals surface area contributed by atoms with Gasteiger partial charge in [0.05, 0.1) is 11.4 Å².